The van der Waals surface area contributed by atoms with Gasteiger partial charge in [0, 0.05) is 16.0 Å². The molecule has 0 unspecified atom stereocenters. The number of nitrogens with two attached hydrogens (primary N) is 1. The summed E-state index contributed by atoms with van der Waals surface area (Å²) in [5.41, 5.74) is 6.29. The van der Waals surface area contributed by atoms with Crippen LogP contribution >= 0.6 is 11.6 Å². The van der Waals surface area contributed by atoms with E-state index in [4.69, 9.17) is 17.3 Å². The number of benzene rings is 1. The molecule has 3 N–H and O–H groups in total. The van der Waals surface area contributed by atoms with Crippen LogP contribution in [0.2, 0.25) is 5.02 Å². The summed E-state index contributed by atoms with van der Waals surface area (Å²) >= 11 is 5.94. The molecule has 0 heterocycles. The molecule has 0 radical (unpaired) electrons. The van der Waals surface area contributed by atoms with Crippen LogP contribution < -0.4 is 11.1 Å². The summed E-state index contributed by atoms with van der Waals surface area (Å²) in [5.74, 6) is 5.65. The standard InChI is InChI=1S/C15H19ClN2O/c1-4-15(2,3)14(19)18-13-8-7-12(16)10-11(13)6-5-9-17/h7-8,10H,4,9,17H2,1-3H3,(H,18,19). The lowest BCUT2D eigenvalue weighted by Crippen LogP contribution is -2.30. The number of halogens is 1. The molecule has 1 aromatic carbocycles. The fourth-order valence-electron chi connectivity index (χ4n) is 1.33. The normalized spacial score (nSPS) is 10.6. The number of carbonyl (C=O) groups excluding carboxylic acids is 1. The van der Waals surface area contributed by atoms with Gasteiger partial charge in [-0.3, -0.25) is 4.79 Å². The van der Waals surface area contributed by atoms with E-state index in [0.29, 0.717) is 16.3 Å². The summed E-state index contributed by atoms with van der Waals surface area (Å²) in [6.45, 7) is 6.06. The second-order valence-electron chi connectivity index (χ2n) is 4.89. The van der Waals surface area contributed by atoms with E-state index in [1.165, 1.54) is 0 Å². The maximum absolute atomic E-state index is 12.2. The van der Waals surface area contributed by atoms with Gasteiger partial charge in [0.1, 0.15) is 0 Å². The first-order valence-corrected chi connectivity index (χ1v) is 6.58. The van der Waals surface area contributed by atoms with Gasteiger partial charge < -0.3 is 11.1 Å². The van der Waals surface area contributed by atoms with Crippen LogP contribution in [-0.4, -0.2) is 12.5 Å². The molecular weight excluding hydrogens is 260 g/mol. The van der Waals surface area contributed by atoms with Gasteiger partial charge in [-0.2, -0.15) is 0 Å². The fourth-order valence-corrected chi connectivity index (χ4v) is 1.50. The van der Waals surface area contributed by atoms with E-state index < -0.39 is 5.41 Å². The minimum atomic E-state index is -0.418. The monoisotopic (exact) mass is 278 g/mol. The number of rotatable bonds is 3. The van der Waals surface area contributed by atoms with Gasteiger partial charge in [-0.15, -0.1) is 0 Å². The summed E-state index contributed by atoms with van der Waals surface area (Å²) in [4.78, 5) is 12.2. The maximum Gasteiger partial charge on any atom is 0.230 e. The Bertz CT molecular complexity index is 527. The number of hydrogen-bond donors (Lipinski definition) is 2. The molecule has 0 spiro atoms. The van der Waals surface area contributed by atoms with Crippen molar-refractivity contribution in [2.45, 2.75) is 27.2 Å². The molecule has 19 heavy (non-hydrogen) atoms. The lowest BCUT2D eigenvalue weighted by molar-refractivity contribution is -0.124. The predicted octanol–water partition coefficient (Wildman–Crippen LogP) is 3.02. The number of amides is 1. The second kappa shape index (κ2) is 6.60. The van der Waals surface area contributed by atoms with Crippen molar-refractivity contribution in [2.24, 2.45) is 11.1 Å². The maximum atomic E-state index is 12.2. The Morgan fingerprint density at radius 2 is 2.16 bits per heavy atom. The number of anilines is 1. The topological polar surface area (TPSA) is 55.1 Å². The Kier molecular flexibility index (Phi) is 5.41. The minimum absolute atomic E-state index is 0.0341. The zero-order valence-corrected chi connectivity index (χ0v) is 12.3. The molecule has 102 valence electrons. The third kappa shape index (κ3) is 4.27. The van der Waals surface area contributed by atoms with E-state index in [-0.39, 0.29) is 12.5 Å². The Balaban J connectivity index is 3.04. The molecule has 1 rings (SSSR count). The van der Waals surface area contributed by atoms with Crippen LogP contribution in [0.5, 0.6) is 0 Å². The molecular formula is C15H19ClN2O. The molecule has 0 saturated carbocycles. The molecule has 3 nitrogen and oxygen atoms in total. The van der Waals surface area contributed by atoms with E-state index in [1.54, 1.807) is 18.2 Å². The van der Waals surface area contributed by atoms with E-state index in [9.17, 15) is 4.79 Å². The second-order valence-corrected chi connectivity index (χ2v) is 5.32. The molecule has 0 atom stereocenters. The number of hydrogen-bond acceptors (Lipinski definition) is 2. The van der Waals surface area contributed by atoms with Crippen molar-refractivity contribution in [2.75, 3.05) is 11.9 Å². The average Bonchev–Trinajstić information content (AvgIpc) is 2.38. The lowest BCUT2D eigenvalue weighted by Gasteiger charge is -2.22. The van der Waals surface area contributed by atoms with Gasteiger partial charge in [0.2, 0.25) is 5.91 Å². The van der Waals surface area contributed by atoms with Gasteiger partial charge >= 0.3 is 0 Å². The van der Waals surface area contributed by atoms with Crippen molar-refractivity contribution in [1.29, 1.82) is 0 Å². The van der Waals surface area contributed by atoms with Crippen molar-refractivity contribution in [3.63, 3.8) is 0 Å². The fraction of sp³-hybridized carbons (Fsp3) is 0.400. The van der Waals surface area contributed by atoms with Gasteiger partial charge in [-0.25, -0.2) is 0 Å². The summed E-state index contributed by atoms with van der Waals surface area (Å²) in [6, 6.07) is 5.20. The van der Waals surface area contributed by atoms with Crippen molar-refractivity contribution in [3.8, 4) is 11.8 Å². The predicted molar refractivity (Wildman–Crippen MR) is 80.1 cm³/mol. The molecule has 0 aromatic heterocycles. The molecule has 0 bridgehead atoms. The van der Waals surface area contributed by atoms with Crippen LogP contribution in [0, 0.1) is 17.3 Å². The third-order valence-electron chi connectivity index (χ3n) is 3.05. The highest BCUT2D eigenvalue weighted by Crippen LogP contribution is 2.25. The highest BCUT2D eigenvalue weighted by atomic mass is 35.5. The van der Waals surface area contributed by atoms with E-state index in [1.807, 2.05) is 20.8 Å². The average molecular weight is 279 g/mol. The highest BCUT2D eigenvalue weighted by molar-refractivity contribution is 6.30. The zero-order chi connectivity index (χ0) is 14.5. The van der Waals surface area contributed by atoms with Crippen LogP contribution in [-0.2, 0) is 4.79 Å². The Morgan fingerprint density at radius 3 is 2.74 bits per heavy atom. The minimum Gasteiger partial charge on any atom is -0.324 e. The Morgan fingerprint density at radius 1 is 1.47 bits per heavy atom. The molecule has 0 saturated heterocycles. The van der Waals surface area contributed by atoms with Crippen LogP contribution in [0.1, 0.15) is 32.8 Å². The van der Waals surface area contributed by atoms with Crippen molar-refractivity contribution in [1.82, 2.24) is 0 Å². The first-order valence-electron chi connectivity index (χ1n) is 6.20. The van der Waals surface area contributed by atoms with Gasteiger partial charge in [-0.05, 0) is 24.6 Å². The largest absolute Gasteiger partial charge is 0.324 e. The van der Waals surface area contributed by atoms with Crippen LogP contribution in [0.15, 0.2) is 18.2 Å². The molecule has 0 aliphatic carbocycles. The molecule has 0 aliphatic rings. The number of carbonyl (C=O) groups is 1. The Labute approximate surface area is 119 Å². The molecule has 0 aliphatic heterocycles. The third-order valence-corrected chi connectivity index (χ3v) is 3.29. The van der Waals surface area contributed by atoms with Crippen LogP contribution in [0.3, 0.4) is 0 Å². The van der Waals surface area contributed by atoms with Gasteiger partial charge in [0.15, 0.2) is 0 Å². The van der Waals surface area contributed by atoms with Crippen LogP contribution in [0.4, 0.5) is 5.69 Å². The van der Waals surface area contributed by atoms with Crippen molar-refractivity contribution < 1.29 is 4.79 Å². The zero-order valence-electron chi connectivity index (χ0n) is 11.5. The Hall–Kier alpha value is -1.50. The summed E-state index contributed by atoms with van der Waals surface area (Å²) in [6.07, 6.45) is 0.760. The van der Waals surface area contributed by atoms with E-state index in [2.05, 4.69) is 17.2 Å². The highest BCUT2D eigenvalue weighted by Gasteiger charge is 2.25. The first kappa shape index (κ1) is 15.6. The quantitative estimate of drug-likeness (QED) is 0.835. The summed E-state index contributed by atoms with van der Waals surface area (Å²) in [7, 11) is 0. The molecule has 1 aromatic rings. The molecule has 1 amide bonds. The van der Waals surface area contributed by atoms with E-state index in [0.717, 1.165) is 6.42 Å². The molecule has 4 heteroatoms. The van der Waals surface area contributed by atoms with Crippen LogP contribution in [0.25, 0.3) is 0 Å². The molecule has 0 fully saturated rings. The first-order chi connectivity index (χ1) is 8.90. The van der Waals surface area contributed by atoms with E-state index >= 15 is 0 Å². The van der Waals surface area contributed by atoms with Crippen molar-refractivity contribution >= 4 is 23.2 Å². The van der Waals surface area contributed by atoms with Crippen molar-refractivity contribution in [3.05, 3.63) is 28.8 Å². The lowest BCUT2D eigenvalue weighted by atomic mass is 9.89. The van der Waals surface area contributed by atoms with Gasteiger partial charge in [0.25, 0.3) is 0 Å². The smallest absolute Gasteiger partial charge is 0.230 e. The van der Waals surface area contributed by atoms with Gasteiger partial charge in [0.05, 0.1) is 12.2 Å². The number of nitrogens with one attached hydrogen (secondary N) is 1. The summed E-state index contributed by atoms with van der Waals surface area (Å²) in [5, 5.41) is 3.47. The summed E-state index contributed by atoms with van der Waals surface area (Å²) < 4.78 is 0. The van der Waals surface area contributed by atoms with Gasteiger partial charge in [-0.1, -0.05) is 44.2 Å². The SMILES string of the molecule is CCC(C)(C)C(=O)Nc1ccc(Cl)cc1C#CCN.